The maximum Gasteiger partial charge on any atom is 0.329 e. The minimum absolute atomic E-state index is 0.00207. The predicted molar refractivity (Wildman–Crippen MR) is 81.1 cm³/mol. The van der Waals surface area contributed by atoms with Crippen LogP contribution in [0.4, 0.5) is 0 Å². The summed E-state index contributed by atoms with van der Waals surface area (Å²) in [5.74, 6) is -2.94. The molecule has 0 spiro atoms. The molecule has 23 heavy (non-hydrogen) atoms. The van der Waals surface area contributed by atoms with Crippen molar-refractivity contribution in [1.82, 2.24) is 5.32 Å². The SMILES string of the molecule is CC(=O)N[C@@H](CCC(N)=O)C(=O)OC(CC(=O)O)C[N+](C)(C)C. The van der Waals surface area contributed by atoms with Gasteiger partial charge in [0.15, 0.2) is 6.10 Å². The van der Waals surface area contributed by atoms with Gasteiger partial charge in [-0.25, -0.2) is 4.79 Å². The van der Waals surface area contributed by atoms with Gasteiger partial charge in [-0.15, -0.1) is 0 Å². The van der Waals surface area contributed by atoms with Gasteiger partial charge < -0.3 is 25.4 Å². The molecule has 0 fully saturated rings. The van der Waals surface area contributed by atoms with Crippen molar-refractivity contribution < 1.29 is 33.5 Å². The molecule has 0 radical (unpaired) electrons. The fourth-order valence-electron chi connectivity index (χ4n) is 1.98. The molecular formula is C14H26N3O6+. The summed E-state index contributed by atoms with van der Waals surface area (Å²) in [6, 6.07) is -1.04. The Morgan fingerprint density at radius 3 is 2.17 bits per heavy atom. The highest BCUT2D eigenvalue weighted by molar-refractivity contribution is 5.84. The summed E-state index contributed by atoms with van der Waals surface area (Å²) >= 11 is 0. The first kappa shape index (κ1) is 20.8. The van der Waals surface area contributed by atoms with E-state index in [2.05, 4.69) is 5.32 Å². The van der Waals surface area contributed by atoms with Crippen LogP contribution in [0.3, 0.4) is 0 Å². The van der Waals surface area contributed by atoms with Crippen molar-refractivity contribution in [3.05, 3.63) is 0 Å². The van der Waals surface area contributed by atoms with Gasteiger partial charge in [-0.1, -0.05) is 0 Å². The number of nitrogens with zero attached hydrogens (tertiary/aromatic N) is 1. The Hall–Kier alpha value is -2.16. The Morgan fingerprint density at radius 2 is 1.78 bits per heavy atom. The molecule has 0 aliphatic carbocycles. The number of carboxylic acid groups (broad SMARTS) is 1. The monoisotopic (exact) mass is 332 g/mol. The predicted octanol–water partition coefficient (Wildman–Crippen LogP) is -1.15. The normalized spacial score (nSPS) is 13.7. The fraction of sp³-hybridized carbons (Fsp3) is 0.714. The topological polar surface area (TPSA) is 136 Å². The summed E-state index contributed by atoms with van der Waals surface area (Å²) in [5.41, 5.74) is 5.04. The van der Waals surface area contributed by atoms with Gasteiger partial charge in [-0.3, -0.25) is 14.4 Å². The number of carboxylic acids is 1. The molecule has 132 valence electrons. The number of ether oxygens (including phenoxy) is 1. The molecule has 9 nitrogen and oxygen atoms in total. The van der Waals surface area contributed by atoms with E-state index in [1.165, 1.54) is 6.92 Å². The first-order valence-corrected chi connectivity index (χ1v) is 7.19. The lowest BCUT2D eigenvalue weighted by molar-refractivity contribution is -0.873. The Morgan fingerprint density at radius 1 is 1.22 bits per heavy atom. The summed E-state index contributed by atoms with van der Waals surface area (Å²) < 4.78 is 5.63. The molecule has 0 saturated heterocycles. The molecule has 0 aliphatic rings. The third-order valence-electron chi connectivity index (χ3n) is 2.78. The average Bonchev–Trinajstić information content (AvgIpc) is 2.30. The summed E-state index contributed by atoms with van der Waals surface area (Å²) in [7, 11) is 5.50. The number of carbonyl (C=O) groups excluding carboxylic acids is 3. The number of nitrogens with one attached hydrogen (secondary N) is 1. The fourth-order valence-corrected chi connectivity index (χ4v) is 1.98. The Labute approximate surface area is 135 Å². The van der Waals surface area contributed by atoms with Crippen molar-refractivity contribution >= 4 is 23.8 Å². The summed E-state index contributed by atoms with van der Waals surface area (Å²) in [6.07, 6.45) is -1.29. The Balaban J connectivity index is 4.94. The molecule has 0 aromatic heterocycles. The van der Waals surface area contributed by atoms with E-state index < -0.39 is 35.9 Å². The zero-order valence-electron chi connectivity index (χ0n) is 14.0. The molecule has 0 heterocycles. The molecule has 0 aromatic carbocycles. The first-order valence-electron chi connectivity index (χ1n) is 7.19. The van der Waals surface area contributed by atoms with Crippen LogP contribution in [0.2, 0.25) is 0 Å². The number of likely N-dealkylation sites (N-methyl/N-ethyl adjacent to an activating group) is 1. The maximum absolute atomic E-state index is 12.2. The first-order chi connectivity index (χ1) is 10.4. The minimum atomic E-state index is -1.09. The molecule has 9 heteroatoms. The quantitative estimate of drug-likeness (QED) is 0.341. The van der Waals surface area contributed by atoms with Crippen LogP contribution < -0.4 is 11.1 Å². The van der Waals surface area contributed by atoms with Crippen molar-refractivity contribution in [2.45, 2.75) is 38.3 Å². The lowest BCUT2D eigenvalue weighted by atomic mass is 10.1. The highest BCUT2D eigenvalue weighted by Crippen LogP contribution is 2.09. The maximum atomic E-state index is 12.2. The number of quaternary nitrogens is 1. The van der Waals surface area contributed by atoms with Crippen molar-refractivity contribution in [3.63, 3.8) is 0 Å². The highest BCUT2D eigenvalue weighted by Gasteiger charge is 2.29. The second-order valence-electron chi connectivity index (χ2n) is 6.39. The second kappa shape index (κ2) is 9.09. The lowest BCUT2D eigenvalue weighted by Crippen LogP contribution is -2.47. The van der Waals surface area contributed by atoms with Gasteiger partial charge in [0, 0.05) is 13.3 Å². The van der Waals surface area contributed by atoms with Gasteiger partial charge in [-0.05, 0) is 6.42 Å². The van der Waals surface area contributed by atoms with Crippen molar-refractivity contribution in [3.8, 4) is 0 Å². The van der Waals surface area contributed by atoms with Crippen LogP contribution in [0.15, 0.2) is 0 Å². The van der Waals surface area contributed by atoms with Crippen LogP contribution in [-0.2, 0) is 23.9 Å². The lowest BCUT2D eigenvalue weighted by Gasteiger charge is -2.29. The van der Waals surface area contributed by atoms with Gasteiger partial charge in [0.05, 0.1) is 27.6 Å². The zero-order chi connectivity index (χ0) is 18.2. The van der Waals surface area contributed by atoms with Crippen LogP contribution in [-0.4, -0.2) is 73.2 Å². The molecule has 0 rings (SSSR count). The van der Waals surface area contributed by atoms with Crippen LogP contribution in [0, 0.1) is 0 Å². The Kier molecular flexibility index (Phi) is 8.23. The molecule has 2 atom stereocenters. The number of esters is 1. The van der Waals surface area contributed by atoms with E-state index in [0.29, 0.717) is 11.0 Å². The molecule has 0 aliphatic heterocycles. The molecule has 0 bridgehead atoms. The van der Waals surface area contributed by atoms with Crippen molar-refractivity contribution in [2.24, 2.45) is 5.73 Å². The van der Waals surface area contributed by atoms with Gasteiger partial charge >= 0.3 is 11.9 Å². The zero-order valence-corrected chi connectivity index (χ0v) is 14.0. The minimum Gasteiger partial charge on any atom is -0.481 e. The van der Waals surface area contributed by atoms with E-state index in [9.17, 15) is 19.2 Å². The van der Waals surface area contributed by atoms with Crippen LogP contribution in [0.5, 0.6) is 0 Å². The van der Waals surface area contributed by atoms with E-state index in [4.69, 9.17) is 15.6 Å². The van der Waals surface area contributed by atoms with Crippen LogP contribution in [0.1, 0.15) is 26.2 Å². The number of aliphatic carboxylic acids is 1. The van der Waals surface area contributed by atoms with Crippen LogP contribution in [0.25, 0.3) is 0 Å². The second-order valence-corrected chi connectivity index (χ2v) is 6.39. The van der Waals surface area contributed by atoms with Gasteiger partial charge in [-0.2, -0.15) is 0 Å². The smallest absolute Gasteiger partial charge is 0.329 e. The number of hydrogen-bond acceptors (Lipinski definition) is 5. The van der Waals surface area contributed by atoms with Gasteiger partial charge in [0.1, 0.15) is 12.6 Å². The summed E-state index contributed by atoms with van der Waals surface area (Å²) in [6.45, 7) is 1.52. The summed E-state index contributed by atoms with van der Waals surface area (Å²) in [4.78, 5) is 45.1. The molecule has 1 unspecified atom stereocenters. The van der Waals surface area contributed by atoms with Crippen LogP contribution >= 0.6 is 0 Å². The van der Waals surface area contributed by atoms with E-state index in [0.717, 1.165) is 0 Å². The standard InChI is InChI=1S/C14H25N3O6/c1-9(18)16-11(5-6-12(15)19)14(22)23-10(7-13(20)21)8-17(2,3)4/h10-11H,5-8H2,1-4H3,(H3-,15,16,18,19,20,21)/p+1/t10?,11-/m0/s1. The van der Waals surface area contributed by atoms with E-state index in [-0.39, 0.29) is 19.3 Å². The molecular weight excluding hydrogens is 306 g/mol. The number of carbonyl (C=O) groups is 4. The Bertz CT molecular complexity index is 458. The number of hydrogen-bond donors (Lipinski definition) is 3. The largest absolute Gasteiger partial charge is 0.481 e. The molecule has 0 aromatic rings. The average molecular weight is 332 g/mol. The number of rotatable bonds is 10. The van der Waals surface area contributed by atoms with E-state index in [1.807, 2.05) is 21.1 Å². The molecule has 2 amide bonds. The van der Waals surface area contributed by atoms with Gasteiger partial charge in [0.2, 0.25) is 11.8 Å². The third-order valence-corrected chi connectivity index (χ3v) is 2.78. The molecule has 4 N–H and O–H groups in total. The van der Waals surface area contributed by atoms with E-state index >= 15 is 0 Å². The van der Waals surface area contributed by atoms with Gasteiger partial charge in [0.25, 0.3) is 0 Å². The third kappa shape index (κ3) is 11.1. The number of primary amides is 1. The van der Waals surface area contributed by atoms with Crippen molar-refractivity contribution in [2.75, 3.05) is 27.7 Å². The summed E-state index contributed by atoms with van der Waals surface area (Å²) in [5, 5.41) is 11.3. The molecule has 0 saturated carbocycles. The van der Waals surface area contributed by atoms with E-state index in [1.54, 1.807) is 0 Å². The number of nitrogens with two attached hydrogens (primary N) is 1. The highest BCUT2D eigenvalue weighted by atomic mass is 16.5. The number of amides is 2. The van der Waals surface area contributed by atoms with Crippen molar-refractivity contribution in [1.29, 1.82) is 0 Å².